The zero-order valence-corrected chi connectivity index (χ0v) is 15.8. The standard InChI is InChI=1S/C19H32N2O4/c1-19(2,3)25-18(23)21-12-5-6-16(14-24-4)20-13-11-15-7-9-17(22)10-8-15/h7-10,16,20,22H,5-6,11-14H2,1-4H3,(H,21,23). The van der Waals surface area contributed by atoms with E-state index in [9.17, 15) is 9.90 Å². The molecule has 0 heterocycles. The molecule has 1 atom stereocenters. The Labute approximate surface area is 150 Å². The number of amides is 1. The monoisotopic (exact) mass is 352 g/mol. The summed E-state index contributed by atoms with van der Waals surface area (Å²) in [6, 6.07) is 7.48. The first kappa shape index (κ1) is 21.3. The van der Waals surface area contributed by atoms with Gasteiger partial charge >= 0.3 is 6.09 Å². The smallest absolute Gasteiger partial charge is 0.407 e. The van der Waals surface area contributed by atoms with Gasteiger partial charge in [0.2, 0.25) is 0 Å². The lowest BCUT2D eigenvalue weighted by Gasteiger charge is -2.20. The molecule has 1 aromatic carbocycles. The Morgan fingerprint density at radius 1 is 1.20 bits per heavy atom. The van der Waals surface area contributed by atoms with E-state index >= 15 is 0 Å². The lowest BCUT2D eigenvalue weighted by atomic mass is 10.1. The molecule has 0 aliphatic heterocycles. The minimum absolute atomic E-state index is 0.238. The molecule has 1 unspecified atom stereocenters. The van der Waals surface area contributed by atoms with Crippen LogP contribution in [0.3, 0.4) is 0 Å². The van der Waals surface area contributed by atoms with Gasteiger partial charge in [0.25, 0.3) is 0 Å². The predicted molar refractivity (Wildman–Crippen MR) is 98.9 cm³/mol. The highest BCUT2D eigenvalue weighted by molar-refractivity contribution is 5.67. The molecule has 1 aromatic rings. The van der Waals surface area contributed by atoms with Gasteiger partial charge in [-0.05, 0) is 64.3 Å². The summed E-state index contributed by atoms with van der Waals surface area (Å²) in [6.07, 6.45) is 2.26. The Morgan fingerprint density at radius 3 is 2.48 bits per heavy atom. The third-order valence-corrected chi connectivity index (χ3v) is 3.55. The quantitative estimate of drug-likeness (QED) is 0.564. The first-order valence-electron chi connectivity index (χ1n) is 8.77. The summed E-state index contributed by atoms with van der Waals surface area (Å²) in [5.74, 6) is 0.284. The molecule has 0 fully saturated rings. The number of hydrogen-bond acceptors (Lipinski definition) is 5. The molecule has 25 heavy (non-hydrogen) atoms. The van der Waals surface area contributed by atoms with Crippen LogP contribution in [0, 0.1) is 0 Å². The van der Waals surface area contributed by atoms with Crippen LogP contribution in [0.5, 0.6) is 5.75 Å². The second kappa shape index (κ2) is 10.9. The summed E-state index contributed by atoms with van der Waals surface area (Å²) in [5, 5.41) is 15.5. The highest BCUT2D eigenvalue weighted by Gasteiger charge is 2.15. The minimum atomic E-state index is -0.474. The number of nitrogens with one attached hydrogen (secondary N) is 2. The Kier molecular flexibility index (Phi) is 9.31. The summed E-state index contributed by atoms with van der Waals surface area (Å²) in [5.41, 5.74) is 0.700. The molecule has 0 radical (unpaired) electrons. The number of methoxy groups -OCH3 is 1. The Hall–Kier alpha value is -1.79. The molecule has 0 aliphatic carbocycles. The van der Waals surface area contributed by atoms with Crippen molar-refractivity contribution in [2.75, 3.05) is 26.8 Å². The van der Waals surface area contributed by atoms with Crippen LogP contribution >= 0.6 is 0 Å². The zero-order chi connectivity index (χ0) is 18.7. The molecule has 1 amide bonds. The Balaban J connectivity index is 2.22. The molecule has 3 N–H and O–H groups in total. The van der Waals surface area contributed by atoms with E-state index in [1.54, 1.807) is 19.2 Å². The minimum Gasteiger partial charge on any atom is -0.508 e. The number of phenolic OH excluding ortho intramolecular Hbond substituents is 1. The maximum Gasteiger partial charge on any atom is 0.407 e. The summed E-state index contributed by atoms with van der Waals surface area (Å²) in [7, 11) is 1.69. The molecule has 6 nitrogen and oxygen atoms in total. The van der Waals surface area contributed by atoms with Crippen molar-refractivity contribution < 1.29 is 19.4 Å². The molecule has 0 spiro atoms. The molecule has 6 heteroatoms. The van der Waals surface area contributed by atoms with Crippen molar-refractivity contribution in [3.05, 3.63) is 29.8 Å². The van der Waals surface area contributed by atoms with Crippen molar-refractivity contribution in [1.82, 2.24) is 10.6 Å². The Morgan fingerprint density at radius 2 is 1.88 bits per heavy atom. The first-order valence-corrected chi connectivity index (χ1v) is 8.77. The van der Waals surface area contributed by atoms with E-state index in [1.807, 2.05) is 32.9 Å². The van der Waals surface area contributed by atoms with Crippen molar-refractivity contribution in [1.29, 1.82) is 0 Å². The second-order valence-corrected chi connectivity index (χ2v) is 7.09. The van der Waals surface area contributed by atoms with Gasteiger partial charge in [-0.3, -0.25) is 0 Å². The molecule has 1 rings (SSSR count). The van der Waals surface area contributed by atoms with Gasteiger partial charge in [0.15, 0.2) is 0 Å². The number of ether oxygens (including phenoxy) is 2. The van der Waals surface area contributed by atoms with Crippen molar-refractivity contribution in [2.45, 2.75) is 51.7 Å². The number of rotatable bonds is 10. The summed E-state index contributed by atoms with van der Waals surface area (Å²) in [6.45, 7) is 7.58. The van der Waals surface area contributed by atoms with E-state index in [2.05, 4.69) is 10.6 Å². The topological polar surface area (TPSA) is 79.8 Å². The molecule has 142 valence electrons. The molecule has 0 bridgehead atoms. The average Bonchev–Trinajstić information content (AvgIpc) is 2.51. The fourth-order valence-corrected chi connectivity index (χ4v) is 2.38. The van der Waals surface area contributed by atoms with Gasteiger partial charge in [0, 0.05) is 19.7 Å². The highest BCUT2D eigenvalue weighted by atomic mass is 16.6. The van der Waals surface area contributed by atoms with Crippen LogP contribution in [-0.4, -0.2) is 49.6 Å². The lowest BCUT2D eigenvalue weighted by Crippen LogP contribution is -2.36. The number of alkyl carbamates (subject to hydrolysis) is 1. The summed E-state index contributed by atoms with van der Waals surface area (Å²) < 4.78 is 10.5. The fourth-order valence-electron chi connectivity index (χ4n) is 2.38. The third kappa shape index (κ3) is 10.6. The second-order valence-electron chi connectivity index (χ2n) is 7.09. The first-order chi connectivity index (χ1) is 11.8. The summed E-state index contributed by atoms with van der Waals surface area (Å²) in [4.78, 5) is 11.6. The van der Waals surface area contributed by atoms with E-state index in [1.165, 1.54) is 5.56 Å². The molecule has 0 aromatic heterocycles. The lowest BCUT2D eigenvalue weighted by molar-refractivity contribution is 0.0526. The van der Waals surface area contributed by atoms with Gasteiger partial charge in [-0.2, -0.15) is 0 Å². The van der Waals surface area contributed by atoms with Crippen LogP contribution < -0.4 is 10.6 Å². The maximum absolute atomic E-state index is 11.6. The van der Waals surface area contributed by atoms with E-state index in [0.717, 1.165) is 25.8 Å². The van der Waals surface area contributed by atoms with Crippen molar-refractivity contribution >= 4 is 6.09 Å². The zero-order valence-electron chi connectivity index (χ0n) is 15.8. The van der Waals surface area contributed by atoms with Gasteiger partial charge < -0.3 is 25.2 Å². The number of carbonyl (C=O) groups is 1. The number of benzene rings is 1. The van der Waals surface area contributed by atoms with Gasteiger partial charge in [0.1, 0.15) is 11.4 Å². The van der Waals surface area contributed by atoms with Gasteiger partial charge in [-0.25, -0.2) is 4.79 Å². The molecule has 0 saturated carbocycles. The predicted octanol–water partition coefficient (Wildman–Crippen LogP) is 2.84. The number of carbonyl (C=O) groups excluding carboxylic acids is 1. The number of hydrogen-bond donors (Lipinski definition) is 3. The van der Waals surface area contributed by atoms with Crippen LogP contribution in [0.4, 0.5) is 4.79 Å². The van der Waals surface area contributed by atoms with Crippen LogP contribution in [0.25, 0.3) is 0 Å². The highest BCUT2D eigenvalue weighted by Crippen LogP contribution is 2.10. The molecule has 0 aliphatic rings. The maximum atomic E-state index is 11.6. The van der Waals surface area contributed by atoms with Crippen molar-refractivity contribution in [3.8, 4) is 5.75 Å². The van der Waals surface area contributed by atoms with Crippen LogP contribution in [0.2, 0.25) is 0 Å². The normalized spacial score (nSPS) is 12.6. The van der Waals surface area contributed by atoms with E-state index < -0.39 is 5.60 Å². The summed E-state index contributed by atoms with van der Waals surface area (Å²) >= 11 is 0. The van der Waals surface area contributed by atoms with Crippen LogP contribution in [-0.2, 0) is 15.9 Å². The van der Waals surface area contributed by atoms with Crippen molar-refractivity contribution in [3.63, 3.8) is 0 Å². The third-order valence-electron chi connectivity index (χ3n) is 3.55. The van der Waals surface area contributed by atoms with Gasteiger partial charge in [-0.15, -0.1) is 0 Å². The van der Waals surface area contributed by atoms with Crippen LogP contribution in [0.15, 0.2) is 24.3 Å². The van der Waals surface area contributed by atoms with E-state index in [-0.39, 0.29) is 17.9 Å². The van der Waals surface area contributed by atoms with E-state index in [0.29, 0.717) is 13.2 Å². The van der Waals surface area contributed by atoms with E-state index in [4.69, 9.17) is 9.47 Å². The average molecular weight is 352 g/mol. The van der Waals surface area contributed by atoms with Crippen LogP contribution in [0.1, 0.15) is 39.2 Å². The van der Waals surface area contributed by atoms with Gasteiger partial charge in [0.05, 0.1) is 6.61 Å². The SMILES string of the molecule is COCC(CCCNC(=O)OC(C)(C)C)NCCc1ccc(O)cc1. The largest absolute Gasteiger partial charge is 0.508 e. The Bertz CT molecular complexity index is 497. The molecule has 0 saturated heterocycles. The number of aromatic hydroxyl groups is 1. The molecular formula is C19H32N2O4. The molecular weight excluding hydrogens is 320 g/mol. The van der Waals surface area contributed by atoms with Gasteiger partial charge in [-0.1, -0.05) is 12.1 Å². The fraction of sp³-hybridized carbons (Fsp3) is 0.632. The van der Waals surface area contributed by atoms with Crippen molar-refractivity contribution in [2.24, 2.45) is 0 Å². The number of phenols is 1.